The Labute approximate surface area is 185 Å². The van der Waals surface area contributed by atoms with E-state index in [9.17, 15) is 20.0 Å². The van der Waals surface area contributed by atoms with E-state index in [1.54, 1.807) is 13.0 Å². The van der Waals surface area contributed by atoms with Crippen molar-refractivity contribution < 1.29 is 28.9 Å². The molecular weight excluding hydrogens is 412 g/mol. The minimum absolute atomic E-state index is 0.00653. The minimum atomic E-state index is -1.21. The number of nitrogens with two attached hydrogens (primary N) is 1. The normalized spacial score (nSPS) is 15.6. The monoisotopic (exact) mass is 434 g/mol. The van der Waals surface area contributed by atoms with Gasteiger partial charge in [-0.3, -0.25) is 0 Å². The van der Waals surface area contributed by atoms with Crippen LogP contribution < -0.4 is 10.5 Å². The molecule has 0 aromatic heterocycles. The molecule has 0 amide bonds. The van der Waals surface area contributed by atoms with E-state index in [2.05, 4.69) is 0 Å². The van der Waals surface area contributed by atoms with Crippen LogP contribution in [-0.4, -0.2) is 23.7 Å². The van der Waals surface area contributed by atoms with Crippen LogP contribution in [0.3, 0.4) is 0 Å². The third-order valence-electron chi connectivity index (χ3n) is 4.91. The van der Waals surface area contributed by atoms with E-state index in [-0.39, 0.29) is 47.3 Å². The third-order valence-corrected chi connectivity index (χ3v) is 4.91. The van der Waals surface area contributed by atoms with Gasteiger partial charge in [-0.2, -0.15) is 5.26 Å². The van der Waals surface area contributed by atoms with Crippen molar-refractivity contribution in [2.45, 2.75) is 26.4 Å². The van der Waals surface area contributed by atoms with Crippen molar-refractivity contribution in [2.75, 3.05) is 6.61 Å². The van der Waals surface area contributed by atoms with E-state index >= 15 is 0 Å². The smallest absolute Gasteiger partial charge is 0.339 e. The van der Waals surface area contributed by atoms with Gasteiger partial charge in [0.05, 0.1) is 18.1 Å². The largest absolute Gasteiger partial charge is 0.488 e. The first kappa shape index (κ1) is 22.4. The second kappa shape index (κ2) is 9.71. The summed E-state index contributed by atoms with van der Waals surface area (Å²) in [4.78, 5) is 24.6. The van der Waals surface area contributed by atoms with Crippen molar-refractivity contribution >= 4 is 11.9 Å². The average Bonchev–Trinajstić information content (AvgIpc) is 2.78. The number of aromatic carboxylic acids is 1. The number of hydrogen-bond donors (Lipinski definition) is 2. The Morgan fingerprint density at radius 1 is 1.22 bits per heavy atom. The summed E-state index contributed by atoms with van der Waals surface area (Å²) < 4.78 is 16.2. The van der Waals surface area contributed by atoms with Crippen molar-refractivity contribution in [2.24, 2.45) is 5.73 Å². The molecule has 3 rings (SSSR count). The van der Waals surface area contributed by atoms with Crippen molar-refractivity contribution in [1.29, 1.82) is 5.26 Å². The lowest BCUT2D eigenvalue weighted by molar-refractivity contribution is -0.139. The second-order valence-corrected chi connectivity index (χ2v) is 6.95. The van der Waals surface area contributed by atoms with E-state index in [0.717, 1.165) is 5.56 Å². The molecular formula is C24H22N2O6. The summed E-state index contributed by atoms with van der Waals surface area (Å²) in [6.07, 6.45) is 0. The number of benzene rings is 2. The number of carboxylic acids is 1. The molecule has 3 N–H and O–H groups in total. The van der Waals surface area contributed by atoms with Gasteiger partial charge in [-0.25, -0.2) is 9.59 Å². The SMILES string of the molecule is CCOC(=O)C1=C(C)OC(N)=C(C#N)C1c1ccc(OCc2ccccc2)c(C(=O)O)c1. The summed E-state index contributed by atoms with van der Waals surface area (Å²) in [5.74, 6) is -2.62. The summed E-state index contributed by atoms with van der Waals surface area (Å²) >= 11 is 0. The highest BCUT2D eigenvalue weighted by Crippen LogP contribution is 2.40. The highest BCUT2D eigenvalue weighted by atomic mass is 16.5. The van der Waals surface area contributed by atoms with Crippen LogP contribution in [0, 0.1) is 11.3 Å². The quantitative estimate of drug-likeness (QED) is 0.632. The number of nitriles is 1. The molecule has 8 heteroatoms. The molecule has 0 aliphatic carbocycles. The van der Waals surface area contributed by atoms with Gasteiger partial charge in [0.1, 0.15) is 35.3 Å². The number of carboxylic acid groups (broad SMARTS) is 1. The maximum atomic E-state index is 12.6. The summed E-state index contributed by atoms with van der Waals surface area (Å²) in [6, 6.07) is 15.8. The Hall–Kier alpha value is -4.25. The molecule has 1 atom stereocenters. The molecule has 1 aliphatic heterocycles. The molecule has 0 fully saturated rings. The lowest BCUT2D eigenvalue weighted by Crippen LogP contribution is -2.25. The van der Waals surface area contributed by atoms with Gasteiger partial charge < -0.3 is 25.1 Å². The molecule has 2 aromatic rings. The van der Waals surface area contributed by atoms with Crippen LogP contribution in [0.4, 0.5) is 0 Å². The molecule has 1 aliphatic rings. The highest BCUT2D eigenvalue weighted by molar-refractivity contribution is 5.94. The zero-order chi connectivity index (χ0) is 23.3. The zero-order valence-electron chi connectivity index (χ0n) is 17.6. The first-order chi connectivity index (χ1) is 15.4. The van der Waals surface area contributed by atoms with Gasteiger partial charge in [0.15, 0.2) is 0 Å². The fourth-order valence-electron chi connectivity index (χ4n) is 3.44. The molecule has 2 aromatic carbocycles. The minimum Gasteiger partial charge on any atom is -0.488 e. The van der Waals surface area contributed by atoms with Crippen LogP contribution >= 0.6 is 0 Å². The predicted octanol–water partition coefficient (Wildman–Crippen LogP) is 3.61. The fourth-order valence-corrected chi connectivity index (χ4v) is 3.44. The Bertz CT molecular complexity index is 1140. The van der Waals surface area contributed by atoms with Crippen molar-refractivity contribution in [1.82, 2.24) is 0 Å². The van der Waals surface area contributed by atoms with Crippen molar-refractivity contribution in [3.63, 3.8) is 0 Å². The first-order valence-corrected chi connectivity index (χ1v) is 9.86. The van der Waals surface area contributed by atoms with Crippen LogP contribution in [0.25, 0.3) is 0 Å². The third kappa shape index (κ3) is 4.57. The number of esters is 1. The highest BCUT2D eigenvalue weighted by Gasteiger charge is 2.36. The van der Waals surface area contributed by atoms with Gasteiger partial charge in [0, 0.05) is 0 Å². The number of nitrogens with zero attached hydrogens (tertiary/aromatic N) is 1. The lowest BCUT2D eigenvalue weighted by Gasteiger charge is -2.27. The molecule has 1 unspecified atom stereocenters. The molecule has 0 saturated heterocycles. The molecule has 0 saturated carbocycles. The Balaban J connectivity index is 2.04. The number of ether oxygens (including phenoxy) is 3. The maximum Gasteiger partial charge on any atom is 0.339 e. The maximum absolute atomic E-state index is 12.6. The molecule has 164 valence electrons. The molecule has 0 bridgehead atoms. The number of rotatable bonds is 7. The van der Waals surface area contributed by atoms with E-state index in [4.69, 9.17) is 19.9 Å². The number of carbonyl (C=O) groups excluding carboxylic acids is 1. The molecule has 8 nitrogen and oxygen atoms in total. The van der Waals surface area contributed by atoms with E-state index in [1.165, 1.54) is 19.1 Å². The van der Waals surface area contributed by atoms with Gasteiger partial charge in [-0.05, 0) is 37.1 Å². The van der Waals surface area contributed by atoms with Crippen LogP contribution in [0.1, 0.15) is 41.3 Å². The standard InChI is InChI=1S/C24H22N2O6/c1-3-30-24(29)20-14(2)32-22(26)18(12-25)21(20)16-9-10-19(17(11-16)23(27)28)31-13-15-7-5-4-6-8-15/h4-11,21H,3,13,26H2,1-2H3,(H,27,28). The van der Waals surface area contributed by atoms with Gasteiger partial charge in [0.25, 0.3) is 0 Å². The zero-order valence-corrected chi connectivity index (χ0v) is 17.6. The Morgan fingerprint density at radius 2 is 1.94 bits per heavy atom. The van der Waals surface area contributed by atoms with Crippen LogP contribution in [-0.2, 0) is 20.9 Å². The molecule has 32 heavy (non-hydrogen) atoms. The van der Waals surface area contributed by atoms with E-state index in [0.29, 0.717) is 5.56 Å². The summed E-state index contributed by atoms with van der Waals surface area (Å²) in [6.45, 7) is 3.50. The van der Waals surface area contributed by atoms with E-state index in [1.807, 2.05) is 36.4 Å². The summed E-state index contributed by atoms with van der Waals surface area (Å²) in [5.41, 5.74) is 7.12. The summed E-state index contributed by atoms with van der Waals surface area (Å²) in [7, 11) is 0. The predicted molar refractivity (Wildman–Crippen MR) is 114 cm³/mol. The summed E-state index contributed by atoms with van der Waals surface area (Å²) in [5, 5.41) is 19.4. The Morgan fingerprint density at radius 3 is 2.56 bits per heavy atom. The molecule has 0 spiro atoms. The Kier molecular flexibility index (Phi) is 6.80. The number of allylic oxidation sites excluding steroid dienone is 2. The number of hydrogen-bond acceptors (Lipinski definition) is 7. The van der Waals surface area contributed by atoms with Crippen LogP contribution in [0.5, 0.6) is 5.75 Å². The van der Waals surface area contributed by atoms with Gasteiger partial charge in [-0.15, -0.1) is 0 Å². The van der Waals surface area contributed by atoms with Gasteiger partial charge >= 0.3 is 11.9 Å². The number of carbonyl (C=O) groups is 2. The van der Waals surface area contributed by atoms with Crippen molar-refractivity contribution in [3.05, 3.63) is 88.0 Å². The van der Waals surface area contributed by atoms with Gasteiger partial charge in [0.2, 0.25) is 5.88 Å². The first-order valence-electron chi connectivity index (χ1n) is 9.86. The second-order valence-electron chi connectivity index (χ2n) is 6.95. The lowest BCUT2D eigenvalue weighted by atomic mass is 9.82. The van der Waals surface area contributed by atoms with Gasteiger partial charge in [-0.1, -0.05) is 36.4 Å². The average molecular weight is 434 g/mol. The molecule has 0 radical (unpaired) electrons. The topological polar surface area (TPSA) is 132 Å². The van der Waals surface area contributed by atoms with E-state index < -0.39 is 17.9 Å². The fraction of sp³-hybridized carbons (Fsp3) is 0.208. The molecule has 1 heterocycles. The van der Waals surface area contributed by atoms with Crippen molar-refractivity contribution in [3.8, 4) is 11.8 Å². The van der Waals surface area contributed by atoms with Crippen LogP contribution in [0.15, 0.2) is 71.3 Å². The van der Waals surface area contributed by atoms with Crippen LogP contribution in [0.2, 0.25) is 0 Å².